The van der Waals surface area contributed by atoms with Crippen LogP contribution in [0.25, 0.3) is 0 Å². The van der Waals surface area contributed by atoms with Crippen molar-refractivity contribution in [1.29, 1.82) is 0 Å². The van der Waals surface area contributed by atoms with Crippen molar-refractivity contribution in [2.24, 2.45) is 0 Å². The molecular weight excluding hydrogens is 175 g/mol. The van der Waals surface area contributed by atoms with Gasteiger partial charge in [-0.05, 0) is 0 Å². The number of morpholine rings is 1. The zero-order valence-corrected chi connectivity index (χ0v) is 6.27. The SMILES string of the molecule is OCC1CNC(C(F)(F)F)CO1. The highest BCUT2D eigenvalue weighted by molar-refractivity contribution is 4.81. The van der Waals surface area contributed by atoms with E-state index in [1.165, 1.54) is 0 Å². The minimum atomic E-state index is -4.26. The van der Waals surface area contributed by atoms with Crippen LogP contribution < -0.4 is 5.32 Å². The minimum Gasteiger partial charge on any atom is -0.394 e. The van der Waals surface area contributed by atoms with Crippen LogP contribution in [-0.4, -0.2) is 43.2 Å². The molecule has 1 rings (SSSR count). The number of aliphatic hydroxyl groups excluding tert-OH is 1. The van der Waals surface area contributed by atoms with Crippen LogP contribution in [0.15, 0.2) is 0 Å². The zero-order valence-electron chi connectivity index (χ0n) is 6.27. The Morgan fingerprint density at radius 2 is 2.17 bits per heavy atom. The highest BCUT2D eigenvalue weighted by Gasteiger charge is 2.41. The molecule has 1 aliphatic heterocycles. The third-order valence-electron chi connectivity index (χ3n) is 1.69. The number of nitrogens with one attached hydrogen (secondary N) is 1. The molecule has 0 amide bonds. The molecule has 0 spiro atoms. The molecule has 0 aromatic carbocycles. The van der Waals surface area contributed by atoms with E-state index in [0.717, 1.165) is 0 Å². The van der Waals surface area contributed by atoms with Gasteiger partial charge in [0.25, 0.3) is 0 Å². The van der Waals surface area contributed by atoms with Gasteiger partial charge in [0.05, 0.1) is 19.3 Å². The molecule has 1 aliphatic rings. The van der Waals surface area contributed by atoms with Crippen LogP contribution in [0.2, 0.25) is 0 Å². The van der Waals surface area contributed by atoms with E-state index in [1.54, 1.807) is 0 Å². The molecule has 2 N–H and O–H groups in total. The molecule has 0 aromatic rings. The summed E-state index contributed by atoms with van der Waals surface area (Å²) in [5, 5.41) is 10.8. The Kier molecular flexibility index (Phi) is 2.92. The predicted octanol–water partition coefficient (Wildman–Crippen LogP) is -0.102. The molecule has 72 valence electrons. The van der Waals surface area contributed by atoms with Crippen LogP contribution >= 0.6 is 0 Å². The van der Waals surface area contributed by atoms with Gasteiger partial charge in [0, 0.05) is 6.54 Å². The molecule has 0 radical (unpaired) electrons. The lowest BCUT2D eigenvalue weighted by atomic mass is 10.2. The molecule has 0 aliphatic carbocycles. The van der Waals surface area contributed by atoms with Gasteiger partial charge in [0.2, 0.25) is 0 Å². The highest BCUT2D eigenvalue weighted by Crippen LogP contribution is 2.22. The number of aliphatic hydroxyl groups is 1. The number of alkyl halides is 3. The van der Waals surface area contributed by atoms with Gasteiger partial charge in [-0.15, -0.1) is 0 Å². The van der Waals surface area contributed by atoms with Crippen LogP contribution in [0, 0.1) is 0 Å². The quantitative estimate of drug-likeness (QED) is 0.599. The first-order valence-electron chi connectivity index (χ1n) is 3.56. The van der Waals surface area contributed by atoms with E-state index >= 15 is 0 Å². The number of hydrogen-bond acceptors (Lipinski definition) is 3. The Labute approximate surface area is 67.5 Å². The van der Waals surface area contributed by atoms with Gasteiger partial charge < -0.3 is 15.2 Å². The molecule has 0 bridgehead atoms. The fourth-order valence-corrected chi connectivity index (χ4v) is 0.951. The van der Waals surface area contributed by atoms with Crippen molar-refractivity contribution in [1.82, 2.24) is 5.32 Å². The standard InChI is InChI=1S/C6H10F3NO2/c7-6(8,9)5-3-12-4(2-11)1-10-5/h4-5,10-11H,1-3H2. The van der Waals surface area contributed by atoms with Crippen LogP contribution in [0.4, 0.5) is 13.2 Å². The van der Waals surface area contributed by atoms with Gasteiger partial charge in [-0.3, -0.25) is 0 Å². The molecule has 6 heteroatoms. The summed E-state index contributed by atoms with van der Waals surface area (Å²) in [6, 6.07) is -1.60. The second-order valence-corrected chi connectivity index (χ2v) is 2.64. The lowest BCUT2D eigenvalue weighted by molar-refractivity contribution is -0.186. The van der Waals surface area contributed by atoms with Crippen molar-refractivity contribution >= 4 is 0 Å². The summed E-state index contributed by atoms with van der Waals surface area (Å²) in [7, 11) is 0. The van der Waals surface area contributed by atoms with Gasteiger partial charge >= 0.3 is 6.18 Å². The lowest BCUT2D eigenvalue weighted by Crippen LogP contribution is -2.54. The first-order valence-corrected chi connectivity index (χ1v) is 3.56. The van der Waals surface area contributed by atoms with Crippen LogP contribution in [0.5, 0.6) is 0 Å². The molecule has 0 aromatic heterocycles. The molecular formula is C6H10F3NO2. The Balaban J connectivity index is 2.36. The van der Waals surface area contributed by atoms with Crippen molar-refractivity contribution in [3.05, 3.63) is 0 Å². The number of hydrogen-bond donors (Lipinski definition) is 2. The molecule has 1 heterocycles. The summed E-state index contributed by atoms with van der Waals surface area (Å²) in [4.78, 5) is 0. The zero-order chi connectivity index (χ0) is 9.19. The van der Waals surface area contributed by atoms with E-state index in [0.29, 0.717) is 0 Å². The van der Waals surface area contributed by atoms with Gasteiger partial charge in [-0.2, -0.15) is 13.2 Å². The Hall–Kier alpha value is -0.330. The molecule has 0 saturated carbocycles. The summed E-state index contributed by atoms with van der Waals surface area (Å²) in [6.07, 6.45) is -4.77. The second kappa shape index (κ2) is 3.59. The van der Waals surface area contributed by atoms with Crippen molar-refractivity contribution in [3.63, 3.8) is 0 Å². The Bertz CT molecular complexity index is 142. The summed E-state index contributed by atoms with van der Waals surface area (Å²) < 4.78 is 40.6. The topological polar surface area (TPSA) is 41.5 Å². The fraction of sp³-hybridized carbons (Fsp3) is 1.00. The van der Waals surface area contributed by atoms with E-state index < -0.39 is 24.9 Å². The first kappa shape index (κ1) is 9.76. The van der Waals surface area contributed by atoms with Crippen LogP contribution in [-0.2, 0) is 4.74 Å². The monoisotopic (exact) mass is 185 g/mol. The molecule has 2 atom stereocenters. The summed E-state index contributed by atoms with van der Waals surface area (Å²) in [6.45, 7) is -0.632. The average molecular weight is 185 g/mol. The van der Waals surface area contributed by atoms with E-state index in [2.05, 4.69) is 5.32 Å². The number of halogens is 3. The predicted molar refractivity (Wildman–Crippen MR) is 34.7 cm³/mol. The van der Waals surface area contributed by atoms with E-state index in [9.17, 15) is 13.2 Å². The molecule has 12 heavy (non-hydrogen) atoms. The van der Waals surface area contributed by atoms with E-state index in [4.69, 9.17) is 9.84 Å². The first-order chi connectivity index (χ1) is 5.54. The highest BCUT2D eigenvalue weighted by atomic mass is 19.4. The van der Waals surface area contributed by atoms with Crippen molar-refractivity contribution in [2.45, 2.75) is 18.3 Å². The van der Waals surface area contributed by atoms with Crippen molar-refractivity contribution in [2.75, 3.05) is 19.8 Å². The maximum atomic E-state index is 12.0. The number of rotatable bonds is 1. The van der Waals surface area contributed by atoms with Crippen LogP contribution in [0.3, 0.4) is 0 Å². The van der Waals surface area contributed by atoms with Crippen molar-refractivity contribution in [3.8, 4) is 0 Å². The summed E-state index contributed by atoms with van der Waals surface area (Å²) in [5.41, 5.74) is 0. The normalized spacial score (nSPS) is 32.0. The van der Waals surface area contributed by atoms with E-state index in [1.807, 2.05) is 0 Å². The van der Waals surface area contributed by atoms with Gasteiger partial charge in [-0.25, -0.2) is 0 Å². The Morgan fingerprint density at radius 1 is 1.50 bits per heavy atom. The lowest BCUT2D eigenvalue weighted by Gasteiger charge is -2.30. The maximum absolute atomic E-state index is 12.0. The number of ether oxygens (including phenoxy) is 1. The Morgan fingerprint density at radius 3 is 2.50 bits per heavy atom. The third kappa shape index (κ3) is 2.33. The summed E-state index contributed by atoms with van der Waals surface area (Å²) in [5.74, 6) is 0. The second-order valence-electron chi connectivity index (χ2n) is 2.64. The van der Waals surface area contributed by atoms with Gasteiger partial charge in [0.1, 0.15) is 6.04 Å². The molecule has 1 fully saturated rings. The third-order valence-corrected chi connectivity index (χ3v) is 1.69. The maximum Gasteiger partial charge on any atom is 0.406 e. The van der Waals surface area contributed by atoms with Crippen LogP contribution in [0.1, 0.15) is 0 Å². The molecule has 1 saturated heterocycles. The summed E-state index contributed by atoms with van der Waals surface area (Å²) >= 11 is 0. The van der Waals surface area contributed by atoms with Gasteiger partial charge in [-0.1, -0.05) is 0 Å². The largest absolute Gasteiger partial charge is 0.406 e. The average Bonchev–Trinajstić information content (AvgIpc) is 2.03. The smallest absolute Gasteiger partial charge is 0.394 e. The van der Waals surface area contributed by atoms with Crippen molar-refractivity contribution < 1.29 is 23.0 Å². The minimum absolute atomic E-state index is 0.0423. The van der Waals surface area contributed by atoms with Gasteiger partial charge in [0.15, 0.2) is 0 Å². The molecule has 3 nitrogen and oxygen atoms in total. The molecule has 2 unspecified atom stereocenters. The fourth-order valence-electron chi connectivity index (χ4n) is 0.951. The van der Waals surface area contributed by atoms with E-state index in [-0.39, 0.29) is 13.2 Å².